The standard InChI is InChI=1S/C14H19N3O2/c1-4-8-17-9-16-12(14(17)15)10-6-5-7-11(18-2)13(10)19-3/h5-7,9H,4,8,15H2,1-3H3. The van der Waals surface area contributed by atoms with Crippen molar-refractivity contribution in [2.75, 3.05) is 20.0 Å². The van der Waals surface area contributed by atoms with Crippen molar-refractivity contribution >= 4 is 5.82 Å². The molecule has 0 radical (unpaired) electrons. The van der Waals surface area contributed by atoms with E-state index in [2.05, 4.69) is 11.9 Å². The molecule has 2 rings (SSSR count). The summed E-state index contributed by atoms with van der Waals surface area (Å²) in [6, 6.07) is 5.67. The van der Waals surface area contributed by atoms with Crippen LogP contribution in [-0.2, 0) is 6.54 Å². The highest BCUT2D eigenvalue weighted by molar-refractivity contribution is 5.78. The summed E-state index contributed by atoms with van der Waals surface area (Å²) in [5, 5.41) is 0. The van der Waals surface area contributed by atoms with E-state index in [0.29, 0.717) is 17.3 Å². The monoisotopic (exact) mass is 261 g/mol. The summed E-state index contributed by atoms with van der Waals surface area (Å²) < 4.78 is 12.6. The molecule has 0 aliphatic heterocycles. The van der Waals surface area contributed by atoms with E-state index in [4.69, 9.17) is 15.2 Å². The second-order valence-corrected chi connectivity index (χ2v) is 4.21. The lowest BCUT2D eigenvalue weighted by atomic mass is 10.1. The predicted octanol–water partition coefficient (Wildman–Crippen LogP) is 2.56. The highest BCUT2D eigenvalue weighted by Gasteiger charge is 2.17. The number of methoxy groups -OCH3 is 2. The van der Waals surface area contributed by atoms with Crippen LogP contribution in [0.5, 0.6) is 11.5 Å². The van der Waals surface area contributed by atoms with Crippen molar-refractivity contribution in [2.24, 2.45) is 0 Å². The zero-order valence-corrected chi connectivity index (χ0v) is 11.5. The molecule has 2 N–H and O–H groups in total. The first-order chi connectivity index (χ1) is 9.22. The fraction of sp³-hybridized carbons (Fsp3) is 0.357. The molecule has 0 unspecified atom stereocenters. The maximum absolute atomic E-state index is 6.14. The zero-order valence-electron chi connectivity index (χ0n) is 11.5. The fourth-order valence-electron chi connectivity index (χ4n) is 2.09. The quantitative estimate of drug-likeness (QED) is 0.898. The molecular weight excluding hydrogens is 242 g/mol. The minimum Gasteiger partial charge on any atom is -0.493 e. The number of benzene rings is 1. The van der Waals surface area contributed by atoms with Crippen LogP contribution in [0.15, 0.2) is 24.5 Å². The van der Waals surface area contributed by atoms with E-state index in [1.54, 1.807) is 20.5 Å². The molecule has 0 fully saturated rings. The number of nitrogens with two attached hydrogens (primary N) is 1. The highest BCUT2D eigenvalue weighted by atomic mass is 16.5. The molecule has 0 atom stereocenters. The van der Waals surface area contributed by atoms with Crippen LogP contribution in [0.3, 0.4) is 0 Å². The summed E-state index contributed by atoms with van der Waals surface area (Å²) in [5.74, 6) is 1.97. The van der Waals surface area contributed by atoms with Gasteiger partial charge in [-0.3, -0.25) is 0 Å². The van der Waals surface area contributed by atoms with Crippen molar-refractivity contribution in [1.29, 1.82) is 0 Å². The van der Waals surface area contributed by atoms with Crippen LogP contribution in [0.25, 0.3) is 11.3 Å². The Morgan fingerprint density at radius 1 is 1.26 bits per heavy atom. The van der Waals surface area contributed by atoms with Crippen LogP contribution < -0.4 is 15.2 Å². The van der Waals surface area contributed by atoms with E-state index in [1.807, 2.05) is 22.8 Å². The fourth-order valence-corrected chi connectivity index (χ4v) is 2.09. The molecule has 0 amide bonds. The molecule has 5 heteroatoms. The molecule has 0 spiro atoms. The second kappa shape index (κ2) is 5.65. The highest BCUT2D eigenvalue weighted by Crippen LogP contribution is 2.39. The Labute approximate surface area is 113 Å². The van der Waals surface area contributed by atoms with Crippen LogP contribution in [0.2, 0.25) is 0 Å². The molecule has 2 aromatic rings. The Kier molecular flexibility index (Phi) is 3.94. The number of imidazole rings is 1. The van der Waals surface area contributed by atoms with Crippen molar-refractivity contribution in [3.63, 3.8) is 0 Å². The van der Waals surface area contributed by atoms with Gasteiger partial charge >= 0.3 is 0 Å². The lowest BCUT2D eigenvalue weighted by Gasteiger charge is -2.12. The van der Waals surface area contributed by atoms with Crippen molar-refractivity contribution in [3.8, 4) is 22.8 Å². The summed E-state index contributed by atoms with van der Waals surface area (Å²) in [6.07, 6.45) is 2.77. The Bertz CT molecular complexity index is 564. The smallest absolute Gasteiger partial charge is 0.170 e. The minimum atomic E-state index is 0.647. The predicted molar refractivity (Wildman–Crippen MR) is 75.5 cm³/mol. The van der Waals surface area contributed by atoms with E-state index in [1.165, 1.54) is 0 Å². The minimum absolute atomic E-state index is 0.647. The number of aryl methyl sites for hydroxylation is 1. The third-order valence-corrected chi connectivity index (χ3v) is 3.00. The van der Waals surface area contributed by atoms with Gasteiger partial charge in [0.25, 0.3) is 0 Å². The Morgan fingerprint density at radius 3 is 2.68 bits per heavy atom. The molecular formula is C14H19N3O2. The molecule has 0 aliphatic rings. The van der Waals surface area contributed by atoms with Gasteiger partial charge in [-0.05, 0) is 18.6 Å². The topological polar surface area (TPSA) is 62.3 Å². The number of nitrogens with zero attached hydrogens (tertiary/aromatic N) is 2. The third-order valence-electron chi connectivity index (χ3n) is 3.00. The summed E-state index contributed by atoms with van der Waals surface area (Å²) >= 11 is 0. The average molecular weight is 261 g/mol. The number of para-hydroxylation sites is 1. The van der Waals surface area contributed by atoms with Gasteiger partial charge in [0.2, 0.25) is 0 Å². The van der Waals surface area contributed by atoms with Gasteiger partial charge in [0, 0.05) is 12.1 Å². The van der Waals surface area contributed by atoms with Crippen LogP contribution in [-0.4, -0.2) is 23.8 Å². The summed E-state index contributed by atoms with van der Waals surface area (Å²) in [6.45, 7) is 2.95. The molecule has 1 heterocycles. The molecule has 0 saturated carbocycles. The number of anilines is 1. The molecule has 1 aromatic carbocycles. The molecule has 102 valence electrons. The normalized spacial score (nSPS) is 10.5. The molecule has 5 nitrogen and oxygen atoms in total. The zero-order chi connectivity index (χ0) is 13.8. The molecule has 1 aromatic heterocycles. The van der Waals surface area contributed by atoms with E-state index in [9.17, 15) is 0 Å². The van der Waals surface area contributed by atoms with Gasteiger partial charge < -0.3 is 19.8 Å². The summed E-state index contributed by atoms with van der Waals surface area (Å²) in [4.78, 5) is 4.39. The lowest BCUT2D eigenvalue weighted by molar-refractivity contribution is 0.356. The van der Waals surface area contributed by atoms with Crippen molar-refractivity contribution in [1.82, 2.24) is 9.55 Å². The third kappa shape index (κ3) is 2.36. The molecule has 0 saturated heterocycles. The number of nitrogen functional groups attached to an aromatic ring is 1. The maximum Gasteiger partial charge on any atom is 0.170 e. The largest absolute Gasteiger partial charge is 0.493 e. The van der Waals surface area contributed by atoms with Crippen molar-refractivity contribution in [2.45, 2.75) is 19.9 Å². The summed E-state index contributed by atoms with van der Waals surface area (Å²) in [7, 11) is 3.22. The van der Waals surface area contributed by atoms with Gasteiger partial charge in [-0.25, -0.2) is 4.98 Å². The van der Waals surface area contributed by atoms with Gasteiger partial charge in [-0.1, -0.05) is 13.0 Å². The van der Waals surface area contributed by atoms with Crippen LogP contribution in [0.1, 0.15) is 13.3 Å². The lowest BCUT2D eigenvalue weighted by Crippen LogP contribution is -2.02. The number of hydrogen-bond acceptors (Lipinski definition) is 4. The van der Waals surface area contributed by atoms with Gasteiger partial charge in [0.15, 0.2) is 11.5 Å². The SMILES string of the molecule is CCCn1cnc(-c2cccc(OC)c2OC)c1N. The first-order valence-corrected chi connectivity index (χ1v) is 6.24. The van der Waals surface area contributed by atoms with E-state index >= 15 is 0 Å². The second-order valence-electron chi connectivity index (χ2n) is 4.21. The van der Waals surface area contributed by atoms with Gasteiger partial charge in [-0.2, -0.15) is 0 Å². The first kappa shape index (κ1) is 13.3. The first-order valence-electron chi connectivity index (χ1n) is 6.24. The summed E-state index contributed by atoms with van der Waals surface area (Å²) in [5.41, 5.74) is 7.71. The molecule has 0 aliphatic carbocycles. The number of ether oxygens (including phenoxy) is 2. The number of hydrogen-bond donors (Lipinski definition) is 1. The molecule has 19 heavy (non-hydrogen) atoms. The Hall–Kier alpha value is -2.17. The van der Waals surface area contributed by atoms with E-state index in [-0.39, 0.29) is 0 Å². The Morgan fingerprint density at radius 2 is 2.05 bits per heavy atom. The van der Waals surface area contributed by atoms with Crippen LogP contribution in [0.4, 0.5) is 5.82 Å². The van der Waals surface area contributed by atoms with Crippen LogP contribution in [0, 0.1) is 0 Å². The average Bonchev–Trinajstić information content (AvgIpc) is 2.79. The van der Waals surface area contributed by atoms with Crippen molar-refractivity contribution < 1.29 is 9.47 Å². The van der Waals surface area contributed by atoms with Gasteiger partial charge in [0.05, 0.1) is 20.5 Å². The van der Waals surface area contributed by atoms with Gasteiger partial charge in [0.1, 0.15) is 11.5 Å². The number of aromatic nitrogens is 2. The number of rotatable bonds is 5. The van der Waals surface area contributed by atoms with E-state index < -0.39 is 0 Å². The molecule has 0 bridgehead atoms. The van der Waals surface area contributed by atoms with E-state index in [0.717, 1.165) is 24.2 Å². The maximum atomic E-state index is 6.14. The van der Waals surface area contributed by atoms with Crippen molar-refractivity contribution in [3.05, 3.63) is 24.5 Å². The van der Waals surface area contributed by atoms with Crippen LogP contribution >= 0.6 is 0 Å². The van der Waals surface area contributed by atoms with Gasteiger partial charge in [-0.15, -0.1) is 0 Å². The Balaban J connectivity index is 2.52.